The molecule has 0 radical (unpaired) electrons. The summed E-state index contributed by atoms with van der Waals surface area (Å²) in [6.07, 6.45) is -1.10. The standard InChI is InChI=1S/C12H14N2O3/c1-7(2)16-9-5-3-8(4-6-9)10-11(13)14-12(15)17-10/h3-7,10H,1-2H3,(H2,13,14,15). The van der Waals surface area contributed by atoms with E-state index < -0.39 is 12.2 Å². The fourth-order valence-corrected chi connectivity index (χ4v) is 1.58. The molecule has 0 aliphatic carbocycles. The number of rotatable bonds is 3. The van der Waals surface area contributed by atoms with Gasteiger partial charge in [0.15, 0.2) is 11.9 Å². The summed E-state index contributed by atoms with van der Waals surface area (Å²) >= 11 is 0. The summed E-state index contributed by atoms with van der Waals surface area (Å²) < 4.78 is 10.5. The molecule has 5 nitrogen and oxygen atoms in total. The molecular weight excluding hydrogens is 220 g/mol. The highest BCUT2D eigenvalue weighted by atomic mass is 16.6. The Kier molecular flexibility index (Phi) is 2.99. The number of aliphatic imine (C=N–C) groups is 1. The lowest BCUT2D eigenvalue weighted by Crippen LogP contribution is -2.18. The molecule has 0 saturated heterocycles. The second-order valence-electron chi connectivity index (χ2n) is 4.04. The molecule has 90 valence electrons. The second kappa shape index (κ2) is 4.45. The van der Waals surface area contributed by atoms with Crippen LogP contribution in [0.1, 0.15) is 25.5 Å². The predicted octanol–water partition coefficient (Wildman–Crippen LogP) is 2.02. The van der Waals surface area contributed by atoms with E-state index in [1.807, 2.05) is 38.1 Å². The average Bonchev–Trinajstić information content (AvgIpc) is 2.58. The average molecular weight is 234 g/mol. The van der Waals surface area contributed by atoms with Gasteiger partial charge in [0, 0.05) is 5.56 Å². The number of nitrogens with two attached hydrogens (primary N) is 1. The highest BCUT2D eigenvalue weighted by Crippen LogP contribution is 2.25. The Morgan fingerprint density at radius 1 is 1.35 bits per heavy atom. The quantitative estimate of drug-likeness (QED) is 0.868. The van der Waals surface area contributed by atoms with Crippen LogP contribution in [0.25, 0.3) is 0 Å². The number of ether oxygens (including phenoxy) is 2. The van der Waals surface area contributed by atoms with Crippen molar-refractivity contribution in [3.8, 4) is 5.75 Å². The molecular formula is C12H14N2O3. The molecule has 1 heterocycles. The van der Waals surface area contributed by atoms with E-state index in [1.54, 1.807) is 0 Å². The third kappa shape index (κ3) is 2.55. The zero-order valence-electron chi connectivity index (χ0n) is 9.71. The Hall–Kier alpha value is -2.04. The maximum Gasteiger partial charge on any atom is 0.436 e. The molecule has 17 heavy (non-hydrogen) atoms. The summed E-state index contributed by atoms with van der Waals surface area (Å²) in [7, 11) is 0. The van der Waals surface area contributed by atoms with Crippen molar-refractivity contribution < 1.29 is 14.3 Å². The molecule has 1 atom stereocenters. The van der Waals surface area contributed by atoms with E-state index in [2.05, 4.69) is 4.99 Å². The largest absolute Gasteiger partial charge is 0.491 e. The first-order valence-electron chi connectivity index (χ1n) is 5.37. The van der Waals surface area contributed by atoms with Gasteiger partial charge in [0.1, 0.15) is 5.75 Å². The molecule has 2 rings (SSSR count). The van der Waals surface area contributed by atoms with Crippen molar-refractivity contribution >= 4 is 11.9 Å². The molecule has 1 amide bonds. The van der Waals surface area contributed by atoms with Crippen LogP contribution in [0.5, 0.6) is 5.75 Å². The maximum absolute atomic E-state index is 10.9. The minimum absolute atomic E-state index is 0.122. The van der Waals surface area contributed by atoms with Gasteiger partial charge in [-0.3, -0.25) is 0 Å². The van der Waals surface area contributed by atoms with E-state index in [9.17, 15) is 4.79 Å². The van der Waals surface area contributed by atoms with Crippen LogP contribution in [-0.4, -0.2) is 18.0 Å². The van der Waals surface area contributed by atoms with Gasteiger partial charge in [-0.1, -0.05) is 12.1 Å². The fourth-order valence-electron chi connectivity index (χ4n) is 1.58. The number of amidine groups is 1. The molecule has 1 aliphatic rings. The van der Waals surface area contributed by atoms with Crippen molar-refractivity contribution in [3.05, 3.63) is 29.8 Å². The molecule has 0 spiro atoms. The lowest BCUT2D eigenvalue weighted by molar-refractivity contribution is 0.149. The van der Waals surface area contributed by atoms with Crippen LogP contribution in [0, 0.1) is 0 Å². The van der Waals surface area contributed by atoms with E-state index in [0.29, 0.717) is 0 Å². The minimum atomic E-state index is -0.644. The number of cyclic esters (lactones) is 1. The summed E-state index contributed by atoms with van der Waals surface area (Å²) in [5.74, 6) is 0.955. The Balaban J connectivity index is 2.13. The summed E-state index contributed by atoms with van der Waals surface area (Å²) in [6.45, 7) is 3.91. The number of amides is 1. The predicted molar refractivity (Wildman–Crippen MR) is 63.1 cm³/mol. The number of hydrogen-bond donors (Lipinski definition) is 1. The van der Waals surface area contributed by atoms with Gasteiger partial charge in [-0.15, -0.1) is 0 Å². The Bertz CT molecular complexity index is 451. The summed E-state index contributed by atoms with van der Waals surface area (Å²) in [6, 6.07) is 7.25. The molecule has 0 fully saturated rings. The number of hydrogen-bond acceptors (Lipinski definition) is 4. The van der Waals surface area contributed by atoms with Crippen LogP contribution in [0.2, 0.25) is 0 Å². The zero-order valence-corrected chi connectivity index (χ0v) is 9.71. The highest BCUT2D eigenvalue weighted by Gasteiger charge is 2.27. The highest BCUT2D eigenvalue weighted by molar-refractivity contribution is 5.99. The first-order chi connectivity index (χ1) is 8.06. The number of carbonyl (C=O) groups is 1. The van der Waals surface area contributed by atoms with E-state index in [1.165, 1.54) is 0 Å². The number of carbonyl (C=O) groups excluding carboxylic acids is 1. The van der Waals surface area contributed by atoms with Gasteiger partial charge in [-0.05, 0) is 26.0 Å². The number of nitrogens with zero attached hydrogens (tertiary/aromatic N) is 1. The van der Waals surface area contributed by atoms with Gasteiger partial charge in [0.2, 0.25) is 0 Å². The summed E-state index contributed by atoms with van der Waals surface area (Å²) in [5.41, 5.74) is 6.38. The minimum Gasteiger partial charge on any atom is -0.491 e. The van der Waals surface area contributed by atoms with Crippen LogP contribution in [0.15, 0.2) is 29.3 Å². The van der Waals surface area contributed by atoms with Crippen LogP contribution in [0.3, 0.4) is 0 Å². The smallest absolute Gasteiger partial charge is 0.436 e. The van der Waals surface area contributed by atoms with Gasteiger partial charge < -0.3 is 15.2 Å². The topological polar surface area (TPSA) is 73.9 Å². The van der Waals surface area contributed by atoms with Crippen molar-refractivity contribution in [1.29, 1.82) is 0 Å². The lowest BCUT2D eigenvalue weighted by Gasteiger charge is -2.12. The Morgan fingerprint density at radius 3 is 2.47 bits per heavy atom. The van der Waals surface area contributed by atoms with Crippen LogP contribution >= 0.6 is 0 Å². The summed E-state index contributed by atoms with van der Waals surface area (Å²) in [5, 5.41) is 0. The maximum atomic E-state index is 10.9. The molecule has 0 aromatic heterocycles. The van der Waals surface area contributed by atoms with Gasteiger partial charge in [0.05, 0.1) is 6.10 Å². The summed E-state index contributed by atoms with van der Waals surface area (Å²) in [4.78, 5) is 14.5. The van der Waals surface area contributed by atoms with E-state index >= 15 is 0 Å². The monoisotopic (exact) mass is 234 g/mol. The SMILES string of the molecule is CC(C)Oc1ccc(C2OC(=O)N=C2N)cc1. The molecule has 1 unspecified atom stereocenters. The lowest BCUT2D eigenvalue weighted by atomic mass is 10.1. The number of benzene rings is 1. The molecule has 0 bridgehead atoms. The van der Waals surface area contributed by atoms with Crippen LogP contribution < -0.4 is 10.5 Å². The van der Waals surface area contributed by atoms with E-state index in [4.69, 9.17) is 15.2 Å². The van der Waals surface area contributed by atoms with Gasteiger partial charge in [-0.25, -0.2) is 4.79 Å². The zero-order chi connectivity index (χ0) is 12.4. The normalized spacial score (nSPS) is 19.1. The third-order valence-corrected chi connectivity index (χ3v) is 2.26. The van der Waals surface area contributed by atoms with Crippen molar-refractivity contribution in [1.82, 2.24) is 0 Å². The second-order valence-corrected chi connectivity index (χ2v) is 4.04. The van der Waals surface area contributed by atoms with Crippen molar-refractivity contribution in [2.45, 2.75) is 26.1 Å². The van der Waals surface area contributed by atoms with Crippen LogP contribution in [0.4, 0.5) is 4.79 Å². The van der Waals surface area contributed by atoms with Gasteiger partial charge in [0.25, 0.3) is 0 Å². The molecule has 2 N–H and O–H groups in total. The fraction of sp³-hybridized carbons (Fsp3) is 0.333. The first kappa shape index (κ1) is 11.4. The van der Waals surface area contributed by atoms with Crippen LogP contribution in [-0.2, 0) is 4.74 Å². The van der Waals surface area contributed by atoms with Crippen molar-refractivity contribution in [3.63, 3.8) is 0 Å². The molecule has 1 aromatic carbocycles. The van der Waals surface area contributed by atoms with E-state index in [0.717, 1.165) is 11.3 Å². The van der Waals surface area contributed by atoms with E-state index in [-0.39, 0.29) is 11.9 Å². The third-order valence-electron chi connectivity index (χ3n) is 2.26. The van der Waals surface area contributed by atoms with Gasteiger partial charge in [-0.2, -0.15) is 4.99 Å². The Morgan fingerprint density at radius 2 is 2.00 bits per heavy atom. The Labute approximate surface area is 99.2 Å². The van der Waals surface area contributed by atoms with Crippen molar-refractivity contribution in [2.24, 2.45) is 10.7 Å². The molecule has 1 aliphatic heterocycles. The van der Waals surface area contributed by atoms with Gasteiger partial charge >= 0.3 is 6.09 Å². The van der Waals surface area contributed by atoms with Crippen molar-refractivity contribution in [2.75, 3.05) is 0 Å². The molecule has 1 aromatic rings. The molecule has 5 heteroatoms. The molecule has 0 saturated carbocycles. The first-order valence-corrected chi connectivity index (χ1v) is 5.37.